The zero-order chi connectivity index (χ0) is 15.6. The summed E-state index contributed by atoms with van der Waals surface area (Å²) < 4.78 is 43.1. The Morgan fingerprint density at radius 1 is 1.00 bits per heavy atom. The summed E-state index contributed by atoms with van der Waals surface area (Å²) in [6.45, 7) is 0. The Morgan fingerprint density at radius 3 is 2.24 bits per heavy atom. The van der Waals surface area contributed by atoms with Gasteiger partial charge in [0.1, 0.15) is 5.75 Å². The SMILES string of the molecule is COc1cc(C(F)(F)F)ccc1-c1ccccc1B(O)O. The van der Waals surface area contributed by atoms with Gasteiger partial charge in [-0.3, -0.25) is 0 Å². The van der Waals surface area contributed by atoms with Crippen LogP contribution in [0.4, 0.5) is 13.2 Å². The highest BCUT2D eigenvalue weighted by atomic mass is 19.4. The summed E-state index contributed by atoms with van der Waals surface area (Å²) in [5.41, 5.74) is 0.118. The van der Waals surface area contributed by atoms with Gasteiger partial charge in [0.05, 0.1) is 12.7 Å². The number of ether oxygens (including phenoxy) is 1. The summed E-state index contributed by atoms with van der Waals surface area (Å²) in [4.78, 5) is 0. The number of hydrogen-bond donors (Lipinski definition) is 2. The second-order valence-electron chi connectivity index (χ2n) is 4.37. The summed E-state index contributed by atoms with van der Waals surface area (Å²) in [5.74, 6) is 0.0120. The van der Waals surface area contributed by atoms with E-state index in [4.69, 9.17) is 4.74 Å². The van der Waals surface area contributed by atoms with Gasteiger partial charge in [-0.1, -0.05) is 30.3 Å². The maximum Gasteiger partial charge on any atom is 0.489 e. The fraction of sp³-hybridized carbons (Fsp3) is 0.143. The Kier molecular flexibility index (Phi) is 4.25. The molecule has 21 heavy (non-hydrogen) atoms. The molecule has 7 heteroatoms. The van der Waals surface area contributed by atoms with E-state index in [0.717, 1.165) is 12.1 Å². The predicted octanol–water partition coefficient (Wildman–Crippen LogP) is 2.06. The summed E-state index contributed by atoms with van der Waals surface area (Å²) in [6.07, 6.45) is -4.47. The fourth-order valence-corrected chi connectivity index (χ4v) is 2.06. The van der Waals surface area contributed by atoms with Crippen molar-refractivity contribution in [1.29, 1.82) is 0 Å². The first-order valence-electron chi connectivity index (χ1n) is 6.05. The largest absolute Gasteiger partial charge is 0.496 e. The van der Waals surface area contributed by atoms with Gasteiger partial charge in [-0.2, -0.15) is 13.2 Å². The molecule has 3 nitrogen and oxygen atoms in total. The van der Waals surface area contributed by atoms with E-state index in [2.05, 4.69) is 0 Å². The molecule has 0 radical (unpaired) electrons. The molecule has 0 heterocycles. The summed E-state index contributed by atoms with van der Waals surface area (Å²) in [7, 11) is -0.468. The van der Waals surface area contributed by atoms with Gasteiger partial charge >= 0.3 is 13.3 Å². The van der Waals surface area contributed by atoms with Crippen molar-refractivity contribution in [3.05, 3.63) is 48.0 Å². The van der Waals surface area contributed by atoms with Crippen LogP contribution in [0, 0.1) is 0 Å². The van der Waals surface area contributed by atoms with Gasteiger partial charge in [0.2, 0.25) is 0 Å². The van der Waals surface area contributed by atoms with E-state index in [1.807, 2.05) is 0 Å². The minimum absolute atomic E-state index is 0.0120. The number of hydrogen-bond acceptors (Lipinski definition) is 3. The van der Waals surface area contributed by atoms with Crippen LogP contribution >= 0.6 is 0 Å². The van der Waals surface area contributed by atoms with Gasteiger partial charge in [-0.05, 0) is 23.2 Å². The maximum atomic E-state index is 12.7. The number of benzene rings is 2. The average molecular weight is 296 g/mol. The molecule has 2 aromatic rings. The molecule has 0 fully saturated rings. The quantitative estimate of drug-likeness (QED) is 0.852. The molecule has 0 spiro atoms. The van der Waals surface area contributed by atoms with E-state index in [9.17, 15) is 23.2 Å². The first-order chi connectivity index (χ1) is 9.84. The van der Waals surface area contributed by atoms with Gasteiger partial charge in [0, 0.05) is 5.56 Å². The lowest BCUT2D eigenvalue weighted by atomic mass is 9.75. The van der Waals surface area contributed by atoms with Crippen molar-refractivity contribution < 1.29 is 28.0 Å². The van der Waals surface area contributed by atoms with E-state index in [1.165, 1.54) is 19.2 Å². The molecular formula is C14H12BF3O3. The highest BCUT2D eigenvalue weighted by molar-refractivity contribution is 6.60. The Balaban J connectivity index is 2.60. The topological polar surface area (TPSA) is 49.7 Å². The Hall–Kier alpha value is -1.99. The van der Waals surface area contributed by atoms with Crippen LogP contribution in [0.3, 0.4) is 0 Å². The molecule has 0 aliphatic carbocycles. The van der Waals surface area contributed by atoms with Crippen molar-refractivity contribution in [3.8, 4) is 16.9 Å². The normalized spacial score (nSPS) is 11.3. The number of rotatable bonds is 3. The average Bonchev–Trinajstić information content (AvgIpc) is 2.45. The molecule has 0 bridgehead atoms. The fourth-order valence-electron chi connectivity index (χ4n) is 2.06. The zero-order valence-corrected chi connectivity index (χ0v) is 11.1. The van der Waals surface area contributed by atoms with Crippen LogP contribution in [0.5, 0.6) is 5.75 Å². The van der Waals surface area contributed by atoms with Crippen LogP contribution in [0.1, 0.15) is 5.56 Å². The second-order valence-corrected chi connectivity index (χ2v) is 4.37. The maximum absolute atomic E-state index is 12.7. The van der Waals surface area contributed by atoms with Crippen LogP contribution in [0.25, 0.3) is 11.1 Å². The van der Waals surface area contributed by atoms with Crippen LogP contribution in [-0.2, 0) is 6.18 Å². The standard InChI is InChI=1S/C14H12BF3O3/c1-21-13-8-9(14(16,17)18)6-7-11(13)10-4-2-3-5-12(10)15(19)20/h2-8,19-20H,1H3. The lowest BCUT2D eigenvalue weighted by Crippen LogP contribution is -2.31. The highest BCUT2D eigenvalue weighted by Gasteiger charge is 2.31. The number of halogens is 3. The first-order valence-corrected chi connectivity index (χ1v) is 6.05. The second kappa shape index (κ2) is 5.79. The van der Waals surface area contributed by atoms with E-state index >= 15 is 0 Å². The van der Waals surface area contributed by atoms with Gasteiger partial charge < -0.3 is 14.8 Å². The zero-order valence-electron chi connectivity index (χ0n) is 11.1. The van der Waals surface area contributed by atoms with E-state index in [-0.39, 0.29) is 11.2 Å². The van der Waals surface area contributed by atoms with E-state index < -0.39 is 18.9 Å². The molecule has 110 valence electrons. The number of alkyl halides is 3. The predicted molar refractivity (Wildman–Crippen MR) is 73.3 cm³/mol. The molecule has 0 unspecified atom stereocenters. The highest BCUT2D eigenvalue weighted by Crippen LogP contribution is 2.36. The van der Waals surface area contributed by atoms with Crippen LogP contribution < -0.4 is 10.2 Å². The van der Waals surface area contributed by atoms with E-state index in [0.29, 0.717) is 11.1 Å². The van der Waals surface area contributed by atoms with Crippen LogP contribution in [0.2, 0.25) is 0 Å². The Labute approximate surface area is 119 Å². The lowest BCUT2D eigenvalue weighted by Gasteiger charge is -2.15. The molecule has 2 rings (SSSR count). The molecule has 0 atom stereocenters. The summed E-state index contributed by atoms with van der Waals surface area (Å²) >= 11 is 0. The van der Waals surface area contributed by atoms with Crippen molar-refractivity contribution in [2.75, 3.05) is 7.11 Å². The third kappa shape index (κ3) is 3.20. The summed E-state index contributed by atoms with van der Waals surface area (Å²) in [6, 6.07) is 9.39. The molecule has 0 aromatic heterocycles. The van der Waals surface area contributed by atoms with Crippen molar-refractivity contribution >= 4 is 12.6 Å². The van der Waals surface area contributed by atoms with Crippen molar-refractivity contribution in [3.63, 3.8) is 0 Å². The third-order valence-electron chi connectivity index (χ3n) is 3.06. The van der Waals surface area contributed by atoms with Crippen molar-refractivity contribution in [2.45, 2.75) is 6.18 Å². The van der Waals surface area contributed by atoms with Crippen LogP contribution in [-0.4, -0.2) is 24.3 Å². The minimum Gasteiger partial charge on any atom is -0.496 e. The summed E-state index contributed by atoms with van der Waals surface area (Å²) in [5, 5.41) is 18.7. The molecule has 0 aliphatic rings. The van der Waals surface area contributed by atoms with Gasteiger partial charge in [0.15, 0.2) is 0 Å². The van der Waals surface area contributed by atoms with Gasteiger partial charge in [0.25, 0.3) is 0 Å². The van der Waals surface area contributed by atoms with E-state index in [1.54, 1.807) is 18.2 Å². The molecule has 0 aliphatic heterocycles. The van der Waals surface area contributed by atoms with Crippen LogP contribution in [0.15, 0.2) is 42.5 Å². The Bertz CT molecular complexity index is 642. The van der Waals surface area contributed by atoms with Crippen molar-refractivity contribution in [1.82, 2.24) is 0 Å². The van der Waals surface area contributed by atoms with Crippen molar-refractivity contribution in [2.24, 2.45) is 0 Å². The smallest absolute Gasteiger partial charge is 0.489 e. The monoisotopic (exact) mass is 296 g/mol. The first kappa shape index (κ1) is 15.4. The molecule has 2 N–H and O–H groups in total. The van der Waals surface area contributed by atoms with Gasteiger partial charge in [-0.15, -0.1) is 0 Å². The molecule has 0 amide bonds. The number of methoxy groups -OCH3 is 1. The Morgan fingerprint density at radius 2 is 1.67 bits per heavy atom. The molecule has 0 saturated carbocycles. The molecule has 0 saturated heterocycles. The lowest BCUT2D eigenvalue weighted by molar-refractivity contribution is -0.137. The molecular weight excluding hydrogens is 284 g/mol. The molecule has 2 aromatic carbocycles. The van der Waals surface area contributed by atoms with Gasteiger partial charge in [-0.25, -0.2) is 0 Å². The third-order valence-corrected chi connectivity index (χ3v) is 3.06. The minimum atomic E-state index is -4.47.